The molecule has 8 nitrogen and oxygen atoms in total. The highest BCUT2D eigenvalue weighted by Crippen LogP contribution is 2.86. The third-order valence-corrected chi connectivity index (χ3v) is 30.4. The third kappa shape index (κ3) is 2.33. The first-order valence-corrected chi connectivity index (χ1v) is 33.9. The van der Waals surface area contributed by atoms with Crippen LogP contribution >= 0.6 is 0 Å². The predicted octanol–water partition coefficient (Wildman–Crippen LogP) is 18.4. The summed E-state index contributed by atoms with van der Waals surface area (Å²) in [6.45, 7) is 0. The molecule has 0 saturated carbocycles. The molecule has 40 rings (SSSR count). The average Bonchev–Trinajstić information content (AvgIpc) is 1.38. The molecule has 94 heavy (non-hydrogen) atoms. The van der Waals surface area contributed by atoms with Gasteiger partial charge in [-0.2, -0.15) is 0 Å². The third-order valence-electron chi connectivity index (χ3n) is 30.4. The van der Waals surface area contributed by atoms with Crippen LogP contribution in [-0.2, 0) is 10.8 Å². The van der Waals surface area contributed by atoms with Crippen LogP contribution in [0.5, 0.6) is 0 Å². The summed E-state index contributed by atoms with van der Waals surface area (Å²) in [7, 11) is 0. The number of amidine groups is 4. The normalized spacial score (nSPS) is 22.9. The summed E-state index contributed by atoms with van der Waals surface area (Å²) in [5.41, 5.74) is 9.92. The molecular formula is C86H16N8. The molecule has 8 heteroatoms. The molecule has 8 aliphatic rings. The lowest BCUT2D eigenvalue weighted by Crippen LogP contribution is -2.56. The lowest BCUT2D eigenvalue weighted by molar-refractivity contribution is 0.336. The van der Waals surface area contributed by atoms with Gasteiger partial charge < -0.3 is 4.98 Å². The number of rotatable bonds is 0. The Morgan fingerprint density at radius 1 is 0.213 bits per heavy atom. The molecule has 5 heterocycles. The van der Waals surface area contributed by atoms with Crippen molar-refractivity contribution >= 4 is 325 Å². The average molecular weight is 1160 g/mol. The summed E-state index contributed by atoms with van der Waals surface area (Å²) in [5, 5.41) is 91.5. The summed E-state index contributed by atoms with van der Waals surface area (Å²) in [5.74, 6) is 2.78. The fraction of sp³-hybridized carbons (Fsp3) is 0.0465. The Kier molecular flexibility index (Phi) is 3.68. The molecule has 32 aromatic rings. The Morgan fingerprint density at radius 2 is 0.404 bits per heavy atom. The molecule has 1 saturated heterocycles. The molecule has 8 bridgehead atoms. The first-order valence-electron chi connectivity index (χ1n) is 33.9. The van der Waals surface area contributed by atoms with Crippen molar-refractivity contribution < 1.29 is 0 Å². The molecule has 31 aromatic carbocycles. The van der Waals surface area contributed by atoms with Gasteiger partial charge in [0.15, 0.2) is 23.3 Å². The zero-order valence-electron chi connectivity index (χ0n) is 47.8. The van der Waals surface area contributed by atoms with Gasteiger partial charge in [0.25, 0.3) is 0 Å². The van der Waals surface area contributed by atoms with Gasteiger partial charge in [-0.3, -0.25) is 5.32 Å². The standard InChI is InChI=1S/C86H16N8/c1-2-8-14-13(7-1)77-87-78(14)89-80-16-10-4-6-12-18(16)82(91-80)93-84-86-75-67-59-49-39-31-23-20-19-21-25-27(23)35-41-33(25)43-37-29(21)30-22(19)26-28-24(20)32(31)40-46-36(28)42-34(26)44-38(30)48-47(37)57-51(43)61-55(41)63(53(59)45(35)39)71(75)69(61)73-65(57)66-58(48)52(44)62-56(42)64-54(46)60(50(40)49)68(67)76(86)72(64)70(62)74(66)85(73,86)83(94-84)92-81-17-11-5-3-9-15(17)79(88-77)90-81/h1-12,83-84,94H,(H,87,88,89,90,91,92,93). The molecule has 2 spiro atoms. The molecule has 0 radical (unpaired) electrons. The number of nitrogens with one attached hydrogen (secondary N) is 2. The summed E-state index contributed by atoms with van der Waals surface area (Å²) in [4.78, 5) is 39.7. The highest BCUT2D eigenvalue weighted by atomic mass is 15.3. The van der Waals surface area contributed by atoms with Gasteiger partial charge in [0.05, 0.1) is 10.8 Å². The summed E-state index contributed by atoms with van der Waals surface area (Å²) < 4.78 is 0. The molecule has 1 fully saturated rings. The molecule has 2 atom stereocenters. The number of benzene rings is 21. The van der Waals surface area contributed by atoms with Crippen LogP contribution in [0.25, 0.3) is 302 Å². The second kappa shape index (κ2) is 9.28. The van der Waals surface area contributed by atoms with E-state index in [9.17, 15) is 0 Å². The van der Waals surface area contributed by atoms with E-state index in [1.54, 1.807) is 248 Å². The van der Waals surface area contributed by atoms with Crippen molar-refractivity contribution in [1.82, 2.24) is 10.3 Å². The van der Waals surface area contributed by atoms with Crippen LogP contribution in [0.4, 0.5) is 0 Å². The van der Waals surface area contributed by atoms with Gasteiger partial charge >= 0.3 is 0 Å². The van der Waals surface area contributed by atoms with Crippen LogP contribution in [0.2, 0.25) is 0 Å². The van der Waals surface area contributed by atoms with E-state index in [1.807, 2.05) is 0 Å². The van der Waals surface area contributed by atoms with Gasteiger partial charge in [-0.15, -0.1) is 0 Å². The molecule has 4 aliphatic carbocycles. The van der Waals surface area contributed by atoms with Crippen molar-refractivity contribution in [2.75, 3.05) is 0 Å². The quantitative estimate of drug-likeness (QED) is 0.145. The van der Waals surface area contributed by atoms with E-state index in [1.165, 1.54) is 65.3 Å². The Hall–Kier alpha value is -12.1. The fourth-order valence-electron chi connectivity index (χ4n) is 29.3. The molecule has 4 aliphatic heterocycles. The highest BCUT2D eigenvalue weighted by Gasteiger charge is 2.78. The van der Waals surface area contributed by atoms with E-state index in [4.69, 9.17) is 35.3 Å². The smallest absolute Gasteiger partial charge is 0.164 e. The van der Waals surface area contributed by atoms with Crippen LogP contribution < -0.4 is 16.3 Å². The topological polar surface area (TPSA) is 102 Å². The Morgan fingerprint density at radius 3 is 0.628 bits per heavy atom. The van der Waals surface area contributed by atoms with Gasteiger partial charge in [0.1, 0.15) is 23.3 Å². The monoisotopic (exact) mass is 1160 g/mol. The minimum absolute atomic E-state index is 0.542. The van der Waals surface area contributed by atoms with Crippen molar-refractivity contribution in [3.8, 4) is 0 Å². The van der Waals surface area contributed by atoms with E-state index in [0.717, 1.165) is 55.7 Å². The number of aromatic amines is 1. The first-order chi connectivity index (χ1) is 46.8. The van der Waals surface area contributed by atoms with Gasteiger partial charge in [-0.05, 0) is 313 Å². The zero-order chi connectivity index (χ0) is 56.7. The largest absolute Gasteiger partial charge is 0.324 e. The number of nitrogens with zero attached hydrogens (tertiary/aromatic N) is 6. The molecule has 1 aromatic heterocycles. The Balaban J connectivity index is 0.896. The number of aliphatic imine (C=N–C) groups is 4. The maximum Gasteiger partial charge on any atom is 0.164 e. The highest BCUT2D eigenvalue weighted by molar-refractivity contribution is 6.82. The minimum Gasteiger partial charge on any atom is -0.324 e. The van der Waals surface area contributed by atoms with Crippen molar-refractivity contribution in [2.45, 2.75) is 23.2 Å². The summed E-state index contributed by atoms with van der Waals surface area (Å²) in [6.07, 6.45) is -1.08. The molecule has 0 amide bonds. The molecule has 400 valence electrons. The number of hydrogen-bond donors (Lipinski definition) is 2. The van der Waals surface area contributed by atoms with Crippen molar-refractivity contribution in [2.24, 2.45) is 30.0 Å². The van der Waals surface area contributed by atoms with Gasteiger partial charge in [0.2, 0.25) is 0 Å². The number of fused-ring (bicyclic) bond motifs is 15. The van der Waals surface area contributed by atoms with E-state index in [2.05, 4.69) is 77.8 Å². The fourth-order valence-corrected chi connectivity index (χ4v) is 29.3. The van der Waals surface area contributed by atoms with Crippen LogP contribution in [0.15, 0.2) is 103 Å². The van der Waals surface area contributed by atoms with E-state index >= 15 is 0 Å². The van der Waals surface area contributed by atoms with Crippen LogP contribution in [-0.4, -0.2) is 40.7 Å². The van der Waals surface area contributed by atoms with Crippen LogP contribution in [0.3, 0.4) is 0 Å². The number of H-pyrrole nitrogens is 1. The predicted molar refractivity (Wildman–Crippen MR) is 384 cm³/mol. The molecule has 2 N–H and O–H groups in total. The van der Waals surface area contributed by atoms with Crippen molar-refractivity contribution in [3.05, 3.63) is 128 Å². The van der Waals surface area contributed by atoms with Crippen LogP contribution in [0.1, 0.15) is 44.5 Å². The molecule has 2 unspecified atom stereocenters. The zero-order valence-corrected chi connectivity index (χ0v) is 47.8. The SMILES string of the molecule is c1ccc2c(c1)C1=NC2=NC2NC(N=C3N=C(N=c4[nH]c(c5ccccc45)=N1)c1ccccc13)C13c4c5c6c7c8c9c(c%10c%11c1c1c4c4c%12c5c5c6c6c8c8c%13c9c9c%10c%10c%11c%11c1c1c4c4c%12c%12c5c5c6c8c6c8c%13c9c9c%10c%10c%11c1c1c4c4c%12c5c6c5c8c9c%10c1c45)C723. The van der Waals surface area contributed by atoms with Gasteiger partial charge in [-0.25, -0.2) is 30.0 Å². The van der Waals surface area contributed by atoms with E-state index < -0.39 is 23.2 Å². The molecular weight excluding hydrogens is 1150 g/mol. The van der Waals surface area contributed by atoms with E-state index in [0.29, 0.717) is 11.7 Å². The number of aromatic nitrogens is 1. The van der Waals surface area contributed by atoms with Crippen molar-refractivity contribution in [3.63, 3.8) is 0 Å². The van der Waals surface area contributed by atoms with Gasteiger partial charge in [0, 0.05) is 33.0 Å². The number of hydrogen-bond acceptors (Lipinski definition) is 7. The first kappa shape index (κ1) is 37.3. The second-order valence-electron chi connectivity index (χ2n) is 31.8. The van der Waals surface area contributed by atoms with Gasteiger partial charge in [-0.1, -0.05) is 72.8 Å². The van der Waals surface area contributed by atoms with Crippen molar-refractivity contribution in [1.29, 1.82) is 0 Å². The van der Waals surface area contributed by atoms with Crippen LogP contribution in [0, 0.1) is 0 Å². The second-order valence-corrected chi connectivity index (χ2v) is 31.8. The Labute approximate surface area is 513 Å². The minimum atomic E-state index is -0.822. The maximum atomic E-state index is 6.60. The summed E-state index contributed by atoms with van der Waals surface area (Å²) >= 11 is 0. The van der Waals surface area contributed by atoms with E-state index in [-0.39, 0.29) is 0 Å². The lowest BCUT2D eigenvalue weighted by atomic mass is 9.48. The lowest BCUT2D eigenvalue weighted by Gasteiger charge is -2.51. The maximum absolute atomic E-state index is 6.60. The summed E-state index contributed by atoms with van der Waals surface area (Å²) in [6, 6.07) is 26.0. The Bertz CT molecular complexity index is 8850.